The topological polar surface area (TPSA) is 77.5 Å². The molecule has 0 saturated heterocycles. The fourth-order valence-corrected chi connectivity index (χ4v) is 2.53. The Morgan fingerprint density at radius 2 is 2.04 bits per heavy atom. The number of hydrogen-bond donors (Lipinski definition) is 2. The highest BCUT2D eigenvalue weighted by atomic mass is 127. The molecule has 3 aromatic rings. The second kappa shape index (κ2) is 9.44. The average Bonchev–Trinajstić information content (AvgIpc) is 3.10. The molecule has 2 aromatic carbocycles. The monoisotopic (exact) mass is 483 g/mol. The van der Waals surface area contributed by atoms with E-state index in [0.29, 0.717) is 23.3 Å². The summed E-state index contributed by atoms with van der Waals surface area (Å²) in [5, 5.41) is 7.84. The van der Waals surface area contributed by atoms with Crippen molar-refractivity contribution in [3.63, 3.8) is 0 Å². The normalized spacial score (nSPS) is 10.9. The van der Waals surface area contributed by atoms with Crippen molar-refractivity contribution in [2.45, 2.75) is 6.54 Å². The second-order valence-corrected chi connectivity index (χ2v) is 5.71. The number of halogens is 2. The molecule has 0 saturated carbocycles. The van der Waals surface area contributed by atoms with Crippen molar-refractivity contribution in [1.82, 2.24) is 9.78 Å². The van der Waals surface area contributed by atoms with E-state index in [4.69, 9.17) is 22.1 Å². The lowest BCUT2D eigenvalue weighted by Crippen LogP contribution is -2.22. The van der Waals surface area contributed by atoms with E-state index in [1.165, 1.54) is 0 Å². The lowest BCUT2D eigenvalue weighted by atomic mass is 10.3. The van der Waals surface area contributed by atoms with E-state index in [1.54, 1.807) is 30.1 Å². The number of nitrogens with zero attached hydrogens (tertiary/aromatic N) is 3. The van der Waals surface area contributed by atoms with Gasteiger partial charge in [0.1, 0.15) is 5.75 Å². The molecule has 6 nitrogen and oxygen atoms in total. The number of hydrogen-bond acceptors (Lipinski definition) is 3. The molecule has 3 rings (SSSR count). The third kappa shape index (κ3) is 5.12. The maximum Gasteiger partial charge on any atom is 0.193 e. The van der Waals surface area contributed by atoms with Crippen molar-refractivity contribution in [3.8, 4) is 11.4 Å². The number of para-hydroxylation sites is 1. The Morgan fingerprint density at radius 1 is 1.27 bits per heavy atom. The van der Waals surface area contributed by atoms with Gasteiger partial charge in [-0.2, -0.15) is 5.10 Å². The Balaban J connectivity index is 0.00000243. The molecule has 26 heavy (non-hydrogen) atoms. The van der Waals surface area contributed by atoms with Crippen LogP contribution in [0.4, 0.5) is 5.69 Å². The van der Waals surface area contributed by atoms with E-state index in [-0.39, 0.29) is 24.0 Å². The highest BCUT2D eigenvalue weighted by molar-refractivity contribution is 14.0. The van der Waals surface area contributed by atoms with Crippen LogP contribution in [0, 0.1) is 0 Å². The molecule has 0 amide bonds. The van der Waals surface area contributed by atoms with Crippen LogP contribution >= 0.6 is 35.6 Å². The van der Waals surface area contributed by atoms with Gasteiger partial charge < -0.3 is 15.8 Å². The summed E-state index contributed by atoms with van der Waals surface area (Å²) in [4.78, 5) is 4.32. The summed E-state index contributed by atoms with van der Waals surface area (Å²) in [6.07, 6.45) is 3.70. The Labute approximate surface area is 174 Å². The lowest BCUT2D eigenvalue weighted by Gasteiger charge is -2.08. The van der Waals surface area contributed by atoms with E-state index < -0.39 is 0 Å². The predicted molar refractivity (Wildman–Crippen MR) is 116 cm³/mol. The molecule has 0 unspecified atom stereocenters. The average molecular weight is 484 g/mol. The smallest absolute Gasteiger partial charge is 0.193 e. The number of rotatable bonds is 5. The van der Waals surface area contributed by atoms with Crippen LogP contribution in [0.3, 0.4) is 0 Å². The van der Waals surface area contributed by atoms with Crippen LogP contribution in [-0.4, -0.2) is 22.8 Å². The fraction of sp³-hybridized carbons (Fsp3) is 0.111. The Morgan fingerprint density at radius 3 is 2.73 bits per heavy atom. The van der Waals surface area contributed by atoms with Crippen molar-refractivity contribution in [2.75, 3.05) is 12.4 Å². The van der Waals surface area contributed by atoms with E-state index in [9.17, 15) is 0 Å². The number of benzene rings is 2. The predicted octanol–water partition coefficient (Wildman–Crippen LogP) is 4.08. The molecule has 0 aliphatic rings. The summed E-state index contributed by atoms with van der Waals surface area (Å²) in [7, 11) is 1.57. The third-order valence-electron chi connectivity index (χ3n) is 3.51. The van der Waals surface area contributed by atoms with Gasteiger partial charge in [-0.15, -0.1) is 24.0 Å². The molecular formula is C18H19ClIN5O. The zero-order valence-electron chi connectivity index (χ0n) is 14.1. The van der Waals surface area contributed by atoms with Gasteiger partial charge in [-0.25, -0.2) is 9.67 Å². The summed E-state index contributed by atoms with van der Waals surface area (Å²) < 4.78 is 6.92. The molecule has 0 aliphatic carbocycles. The number of methoxy groups -OCH3 is 1. The highest BCUT2D eigenvalue weighted by Gasteiger charge is 2.03. The van der Waals surface area contributed by atoms with Gasteiger partial charge in [0.15, 0.2) is 5.96 Å². The minimum absolute atomic E-state index is 0. The lowest BCUT2D eigenvalue weighted by molar-refractivity contribution is 0.415. The van der Waals surface area contributed by atoms with E-state index in [1.807, 2.05) is 42.6 Å². The van der Waals surface area contributed by atoms with Gasteiger partial charge in [-0.3, -0.25) is 0 Å². The molecule has 3 N–H and O–H groups in total. The molecule has 136 valence electrons. The van der Waals surface area contributed by atoms with Crippen molar-refractivity contribution in [2.24, 2.45) is 10.7 Å². The third-order valence-corrected chi connectivity index (χ3v) is 3.81. The molecular weight excluding hydrogens is 465 g/mol. The van der Waals surface area contributed by atoms with Crippen molar-refractivity contribution >= 4 is 47.2 Å². The van der Waals surface area contributed by atoms with Gasteiger partial charge in [0.25, 0.3) is 0 Å². The summed E-state index contributed by atoms with van der Waals surface area (Å²) in [6.45, 7) is 0.426. The minimum atomic E-state index is 0. The zero-order chi connectivity index (χ0) is 17.6. The molecule has 0 bridgehead atoms. The first-order valence-electron chi connectivity index (χ1n) is 7.65. The molecule has 0 fully saturated rings. The summed E-state index contributed by atoms with van der Waals surface area (Å²) in [5.74, 6) is 0.907. The van der Waals surface area contributed by atoms with Gasteiger partial charge >= 0.3 is 0 Å². The van der Waals surface area contributed by atoms with Crippen molar-refractivity contribution < 1.29 is 4.74 Å². The number of anilines is 1. The largest absolute Gasteiger partial charge is 0.495 e. The van der Waals surface area contributed by atoms with Crippen LogP contribution in [0.1, 0.15) is 5.56 Å². The zero-order valence-corrected chi connectivity index (χ0v) is 17.2. The highest BCUT2D eigenvalue weighted by Crippen LogP contribution is 2.27. The summed E-state index contributed by atoms with van der Waals surface area (Å²) in [6, 6.07) is 15.2. The van der Waals surface area contributed by atoms with Gasteiger partial charge in [0.05, 0.1) is 30.6 Å². The van der Waals surface area contributed by atoms with Crippen LogP contribution in [0.25, 0.3) is 5.69 Å². The first-order valence-corrected chi connectivity index (χ1v) is 8.03. The van der Waals surface area contributed by atoms with Gasteiger partial charge in [0, 0.05) is 17.4 Å². The molecule has 0 aliphatic heterocycles. The van der Waals surface area contributed by atoms with Crippen LogP contribution in [0.15, 0.2) is 65.9 Å². The summed E-state index contributed by atoms with van der Waals surface area (Å²) >= 11 is 6.09. The van der Waals surface area contributed by atoms with Crippen molar-refractivity contribution in [3.05, 3.63) is 71.5 Å². The maximum atomic E-state index is 6.09. The van der Waals surface area contributed by atoms with Crippen LogP contribution in [0.5, 0.6) is 5.75 Å². The Hall–Kier alpha value is -2.26. The minimum Gasteiger partial charge on any atom is -0.495 e. The van der Waals surface area contributed by atoms with Gasteiger partial charge in [-0.1, -0.05) is 29.8 Å². The summed E-state index contributed by atoms with van der Waals surface area (Å²) in [5.41, 5.74) is 8.63. The standard InChI is InChI=1S/C18H18ClN5O.HI/c1-25-17-8-7-14(9-16(17)19)23-18(20)21-10-13-11-22-24(12-13)15-5-3-2-4-6-15;/h2-9,11-12H,10H2,1H3,(H3,20,21,23);1H. The van der Waals surface area contributed by atoms with Crippen LogP contribution in [0.2, 0.25) is 5.02 Å². The first-order chi connectivity index (χ1) is 12.2. The number of aromatic nitrogens is 2. The number of nitrogens with two attached hydrogens (primary N) is 1. The van der Waals surface area contributed by atoms with Crippen molar-refractivity contribution in [1.29, 1.82) is 0 Å². The molecule has 0 atom stereocenters. The Kier molecular flexibility index (Phi) is 7.28. The number of ether oxygens (including phenoxy) is 1. The Bertz CT molecular complexity index is 882. The van der Waals surface area contributed by atoms with E-state index in [0.717, 1.165) is 16.9 Å². The first kappa shape index (κ1) is 20.1. The molecule has 1 aromatic heterocycles. The second-order valence-electron chi connectivity index (χ2n) is 5.30. The van der Waals surface area contributed by atoms with Crippen LogP contribution < -0.4 is 15.8 Å². The number of nitrogens with one attached hydrogen (secondary N) is 1. The quantitative estimate of drug-likeness (QED) is 0.326. The maximum absolute atomic E-state index is 6.09. The molecule has 0 radical (unpaired) electrons. The molecule has 8 heteroatoms. The van der Waals surface area contributed by atoms with E-state index in [2.05, 4.69) is 15.4 Å². The molecule has 0 spiro atoms. The van der Waals surface area contributed by atoms with Gasteiger partial charge in [0.2, 0.25) is 0 Å². The number of guanidine groups is 1. The number of aliphatic imine (C=N–C) groups is 1. The molecule has 1 heterocycles. The fourth-order valence-electron chi connectivity index (χ4n) is 2.27. The van der Waals surface area contributed by atoms with Gasteiger partial charge in [-0.05, 0) is 30.3 Å². The SMILES string of the molecule is COc1ccc(NC(N)=NCc2cnn(-c3ccccc3)c2)cc1Cl.I. The van der Waals surface area contributed by atoms with Crippen LogP contribution in [-0.2, 0) is 6.54 Å². The van der Waals surface area contributed by atoms with E-state index >= 15 is 0 Å².